The molecule has 1 fully saturated rings. The van der Waals surface area contributed by atoms with Gasteiger partial charge in [-0.25, -0.2) is 0 Å². The molecule has 92 valence electrons. The molecule has 2 rings (SSSR count). The average molecular weight is 234 g/mol. The molecular weight excluding hydrogens is 216 g/mol. The summed E-state index contributed by atoms with van der Waals surface area (Å²) in [5, 5.41) is 20.2. The van der Waals surface area contributed by atoms with Gasteiger partial charge in [0.05, 0.1) is 5.60 Å². The van der Waals surface area contributed by atoms with Gasteiger partial charge in [-0.1, -0.05) is 44.2 Å². The Morgan fingerprint density at radius 3 is 2.18 bits per heavy atom. The van der Waals surface area contributed by atoms with Gasteiger partial charge in [0.1, 0.15) is 5.41 Å². The Labute approximate surface area is 101 Å². The molecule has 0 spiro atoms. The van der Waals surface area contributed by atoms with E-state index in [1.54, 1.807) is 12.1 Å². The fourth-order valence-electron chi connectivity index (χ4n) is 2.95. The van der Waals surface area contributed by atoms with E-state index in [0.29, 0.717) is 18.4 Å². The van der Waals surface area contributed by atoms with Gasteiger partial charge in [0.15, 0.2) is 0 Å². The number of aliphatic carboxylic acids is 1. The van der Waals surface area contributed by atoms with E-state index in [-0.39, 0.29) is 5.92 Å². The van der Waals surface area contributed by atoms with Crippen molar-refractivity contribution in [3.8, 4) is 0 Å². The number of benzene rings is 1. The van der Waals surface area contributed by atoms with Crippen LogP contribution in [0, 0.1) is 5.92 Å². The van der Waals surface area contributed by atoms with Crippen molar-refractivity contribution in [2.75, 3.05) is 0 Å². The van der Waals surface area contributed by atoms with Crippen molar-refractivity contribution >= 4 is 5.97 Å². The van der Waals surface area contributed by atoms with Crippen LogP contribution in [0.1, 0.15) is 32.3 Å². The van der Waals surface area contributed by atoms with Crippen molar-refractivity contribution in [1.82, 2.24) is 0 Å². The average Bonchev–Trinajstić information content (AvgIpc) is 2.28. The van der Waals surface area contributed by atoms with Crippen LogP contribution in [0.3, 0.4) is 0 Å². The summed E-state index contributed by atoms with van der Waals surface area (Å²) in [6.45, 7) is 3.75. The van der Waals surface area contributed by atoms with Crippen molar-refractivity contribution in [2.45, 2.75) is 37.7 Å². The van der Waals surface area contributed by atoms with Crippen LogP contribution < -0.4 is 0 Å². The van der Waals surface area contributed by atoms with E-state index in [1.165, 1.54) is 0 Å². The summed E-state index contributed by atoms with van der Waals surface area (Å²) in [6, 6.07) is 9.07. The second-order valence-electron chi connectivity index (χ2n) is 5.16. The minimum atomic E-state index is -1.14. The van der Waals surface area contributed by atoms with Crippen LogP contribution in [-0.2, 0) is 10.2 Å². The summed E-state index contributed by atoms with van der Waals surface area (Å²) in [4.78, 5) is 11.7. The van der Waals surface area contributed by atoms with E-state index in [4.69, 9.17) is 0 Å². The van der Waals surface area contributed by atoms with Gasteiger partial charge in [-0.15, -0.1) is 0 Å². The Morgan fingerprint density at radius 2 is 1.82 bits per heavy atom. The van der Waals surface area contributed by atoms with Crippen molar-refractivity contribution in [2.24, 2.45) is 5.92 Å². The number of carbonyl (C=O) groups is 1. The van der Waals surface area contributed by atoms with Crippen LogP contribution >= 0.6 is 0 Å². The van der Waals surface area contributed by atoms with E-state index in [2.05, 4.69) is 0 Å². The lowest BCUT2D eigenvalue weighted by Gasteiger charge is -2.56. The van der Waals surface area contributed by atoms with E-state index in [1.807, 2.05) is 32.0 Å². The molecule has 17 heavy (non-hydrogen) atoms. The molecule has 0 aliphatic heterocycles. The normalized spacial score (nSPS) is 32.2. The molecule has 3 nitrogen and oxygen atoms in total. The van der Waals surface area contributed by atoms with Gasteiger partial charge in [0, 0.05) is 0 Å². The minimum absolute atomic E-state index is 0.0763. The third kappa shape index (κ3) is 1.42. The molecule has 2 unspecified atom stereocenters. The molecule has 0 amide bonds. The summed E-state index contributed by atoms with van der Waals surface area (Å²) in [7, 11) is 0. The number of carboxylic acid groups (broad SMARTS) is 1. The molecule has 0 radical (unpaired) electrons. The monoisotopic (exact) mass is 234 g/mol. The predicted molar refractivity (Wildman–Crippen MR) is 64.8 cm³/mol. The van der Waals surface area contributed by atoms with Gasteiger partial charge in [0.25, 0.3) is 0 Å². The first-order valence-corrected chi connectivity index (χ1v) is 5.96. The second-order valence-corrected chi connectivity index (χ2v) is 5.16. The lowest BCUT2D eigenvalue weighted by Crippen LogP contribution is -2.67. The largest absolute Gasteiger partial charge is 0.480 e. The Morgan fingerprint density at radius 1 is 1.24 bits per heavy atom. The Kier molecular flexibility index (Phi) is 2.74. The minimum Gasteiger partial charge on any atom is -0.480 e. The van der Waals surface area contributed by atoms with Crippen LogP contribution in [0.15, 0.2) is 30.3 Å². The lowest BCUT2D eigenvalue weighted by molar-refractivity contribution is -0.187. The highest BCUT2D eigenvalue weighted by Crippen LogP contribution is 2.55. The summed E-state index contributed by atoms with van der Waals surface area (Å²) in [5.74, 6) is -1.00. The molecule has 1 aliphatic rings. The highest BCUT2D eigenvalue weighted by atomic mass is 16.4. The van der Waals surface area contributed by atoms with E-state index in [0.717, 1.165) is 0 Å². The SMILES string of the molecule is CC(C)C1(O)CCC1(C(=O)O)c1ccccc1. The van der Waals surface area contributed by atoms with E-state index in [9.17, 15) is 15.0 Å². The fraction of sp³-hybridized carbons (Fsp3) is 0.500. The maximum Gasteiger partial charge on any atom is 0.317 e. The maximum absolute atomic E-state index is 11.7. The van der Waals surface area contributed by atoms with Gasteiger partial charge < -0.3 is 10.2 Å². The highest BCUT2D eigenvalue weighted by Gasteiger charge is 2.65. The van der Waals surface area contributed by atoms with Gasteiger partial charge >= 0.3 is 5.97 Å². The molecule has 1 aromatic rings. The number of hydrogen-bond acceptors (Lipinski definition) is 2. The maximum atomic E-state index is 11.7. The van der Waals surface area contributed by atoms with Crippen LogP contribution in [0.4, 0.5) is 0 Å². The zero-order chi connectivity index (χ0) is 12.7. The molecule has 2 atom stereocenters. The van der Waals surface area contributed by atoms with Gasteiger partial charge in [-0.2, -0.15) is 0 Å². The van der Waals surface area contributed by atoms with Gasteiger partial charge in [-0.05, 0) is 24.3 Å². The zero-order valence-electron chi connectivity index (χ0n) is 10.2. The van der Waals surface area contributed by atoms with Crippen LogP contribution in [0.5, 0.6) is 0 Å². The quantitative estimate of drug-likeness (QED) is 0.842. The molecular formula is C14H18O3. The van der Waals surface area contributed by atoms with Crippen molar-refractivity contribution in [1.29, 1.82) is 0 Å². The smallest absolute Gasteiger partial charge is 0.317 e. The molecule has 1 aliphatic carbocycles. The summed E-state index contributed by atoms with van der Waals surface area (Å²) < 4.78 is 0. The lowest BCUT2D eigenvalue weighted by atomic mass is 9.50. The third-order valence-electron chi connectivity index (χ3n) is 4.21. The highest BCUT2D eigenvalue weighted by molar-refractivity contribution is 5.85. The van der Waals surface area contributed by atoms with Gasteiger partial charge in [0.2, 0.25) is 0 Å². The molecule has 0 heterocycles. The van der Waals surface area contributed by atoms with Crippen LogP contribution in [0.25, 0.3) is 0 Å². The van der Waals surface area contributed by atoms with E-state index >= 15 is 0 Å². The number of aliphatic hydroxyl groups is 1. The van der Waals surface area contributed by atoms with Crippen LogP contribution in [0.2, 0.25) is 0 Å². The van der Waals surface area contributed by atoms with Crippen molar-refractivity contribution < 1.29 is 15.0 Å². The van der Waals surface area contributed by atoms with Gasteiger partial charge in [-0.3, -0.25) is 4.79 Å². The molecule has 0 aromatic heterocycles. The predicted octanol–water partition coefficient (Wildman–Crippen LogP) is 2.19. The second kappa shape index (κ2) is 3.84. The fourth-order valence-corrected chi connectivity index (χ4v) is 2.95. The zero-order valence-corrected chi connectivity index (χ0v) is 10.2. The molecule has 0 saturated heterocycles. The first kappa shape index (κ1) is 12.1. The Balaban J connectivity index is 2.53. The topological polar surface area (TPSA) is 57.5 Å². The molecule has 2 N–H and O–H groups in total. The van der Waals surface area contributed by atoms with Crippen LogP contribution in [-0.4, -0.2) is 21.8 Å². The molecule has 1 aromatic carbocycles. The van der Waals surface area contributed by atoms with E-state index < -0.39 is 17.0 Å². The first-order valence-electron chi connectivity index (χ1n) is 5.96. The summed E-state index contributed by atoms with van der Waals surface area (Å²) in [5.41, 5.74) is -1.57. The third-order valence-corrected chi connectivity index (χ3v) is 4.21. The molecule has 1 saturated carbocycles. The first-order chi connectivity index (χ1) is 7.95. The summed E-state index contributed by atoms with van der Waals surface area (Å²) >= 11 is 0. The molecule has 0 bridgehead atoms. The number of rotatable bonds is 3. The Bertz CT molecular complexity index is 426. The standard InChI is InChI=1S/C14H18O3/c1-10(2)14(17)9-8-13(14,12(15)16)11-6-4-3-5-7-11/h3-7,10,17H,8-9H2,1-2H3,(H,15,16). The van der Waals surface area contributed by atoms with Crippen molar-refractivity contribution in [3.05, 3.63) is 35.9 Å². The van der Waals surface area contributed by atoms with Crippen molar-refractivity contribution in [3.63, 3.8) is 0 Å². The molecule has 3 heteroatoms. The Hall–Kier alpha value is -1.35. The summed E-state index contributed by atoms with van der Waals surface area (Å²) in [6.07, 6.45) is 1.05. The number of hydrogen-bond donors (Lipinski definition) is 2. The number of carboxylic acids is 1.